The highest BCUT2D eigenvalue weighted by molar-refractivity contribution is 7.16. The summed E-state index contributed by atoms with van der Waals surface area (Å²) in [6.45, 7) is 3.06. The monoisotopic (exact) mass is 312 g/mol. The number of fused-ring (bicyclic) bond motifs is 3. The Morgan fingerprint density at radius 3 is 2.86 bits per heavy atom. The van der Waals surface area contributed by atoms with Crippen LogP contribution in [0.15, 0.2) is 29.3 Å². The third-order valence-corrected chi connectivity index (χ3v) is 5.90. The number of nitrogens with zero attached hydrogens (tertiary/aromatic N) is 2. The molecule has 4 heteroatoms. The first kappa shape index (κ1) is 13.8. The van der Waals surface area contributed by atoms with Crippen molar-refractivity contribution >= 4 is 28.2 Å². The Morgan fingerprint density at radius 1 is 1.27 bits per heavy atom. The van der Waals surface area contributed by atoms with Crippen LogP contribution < -0.4 is 9.64 Å². The number of thiophene rings is 1. The van der Waals surface area contributed by atoms with Crippen molar-refractivity contribution < 1.29 is 4.74 Å². The molecule has 1 aromatic heterocycles. The fourth-order valence-corrected chi connectivity index (χ4v) is 4.83. The summed E-state index contributed by atoms with van der Waals surface area (Å²) in [5.74, 6) is 1.70. The second kappa shape index (κ2) is 5.43. The molecule has 1 unspecified atom stereocenters. The smallest absolute Gasteiger partial charge is 0.119 e. The van der Waals surface area contributed by atoms with Crippen LogP contribution >= 0.6 is 11.3 Å². The maximum absolute atomic E-state index is 5.26. The van der Waals surface area contributed by atoms with Gasteiger partial charge in [0.2, 0.25) is 0 Å². The molecule has 0 N–H and O–H groups in total. The summed E-state index contributed by atoms with van der Waals surface area (Å²) in [5, 5.41) is 1.36. The van der Waals surface area contributed by atoms with Gasteiger partial charge in [-0.2, -0.15) is 0 Å². The lowest BCUT2D eigenvalue weighted by Gasteiger charge is -2.25. The number of hydrogen-bond donors (Lipinski definition) is 0. The Hall–Kier alpha value is -1.81. The van der Waals surface area contributed by atoms with E-state index in [1.807, 2.05) is 23.5 Å². The van der Waals surface area contributed by atoms with E-state index < -0.39 is 0 Å². The SMILES string of the molecule is COc1ccc(N2CN=Cc3c2sc2c3CCC(C)C2)cc1. The van der Waals surface area contributed by atoms with Crippen molar-refractivity contribution in [2.24, 2.45) is 10.9 Å². The molecule has 22 heavy (non-hydrogen) atoms. The molecular weight excluding hydrogens is 292 g/mol. The molecule has 1 aliphatic carbocycles. The normalized spacial score (nSPS) is 19.7. The van der Waals surface area contributed by atoms with Gasteiger partial charge >= 0.3 is 0 Å². The fraction of sp³-hybridized carbons (Fsp3) is 0.389. The van der Waals surface area contributed by atoms with Crippen LogP contribution in [0.3, 0.4) is 0 Å². The van der Waals surface area contributed by atoms with Gasteiger partial charge in [0, 0.05) is 22.3 Å². The summed E-state index contributed by atoms with van der Waals surface area (Å²) < 4.78 is 5.26. The van der Waals surface area contributed by atoms with Gasteiger partial charge < -0.3 is 9.64 Å². The molecule has 2 aromatic rings. The number of aliphatic imine (C=N–C) groups is 1. The zero-order chi connectivity index (χ0) is 15.1. The Morgan fingerprint density at radius 2 is 2.09 bits per heavy atom. The van der Waals surface area contributed by atoms with E-state index in [1.54, 1.807) is 17.6 Å². The van der Waals surface area contributed by atoms with Crippen LogP contribution in [-0.4, -0.2) is 20.0 Å². The summed E-state index contributed by atoms with van der Waals surface area (Å²) in [4.78, 5) is 8.48. The van der Waals surface area contributed by atoms with Crippen molar-refractivity contribution in [3.05, 3.63) is 40.3 Å². The van der Waals surface area contributed by atoms with Crippen LogP contribution in [0.4, 0.5) is 10.7 Å². The standard InChI is InChI=1S/C18H20N2OS/c1-12-3-8-15-16-10-19-11-20(18(16)22-17(15)9-12)13-4-6-14(21-2)7-5-13/h4-7,10,12H,3,8-9,11H2,1-2H3. The molecule has 114 valence electrons. The van der Waals surface area contributed by atoms with Gasteiger partial charge in [-0.05, 0) is 55.0 Å². The van der Waals surface area contributed by atoms with E-state index in [-0.39, 0.29) is 0 Å². The number of methoxy groups -OCH3 is 1. The van der Waals surface area contributed by atoms with Crippen LogP contribution in [0.25, 0.3) is 0 Å². The van der Waals surface area contributed by atoms with Crippen molar-refractivity contribution in [2.45, 2.75) is 26.2 Å². The molecule has 0 amide bonds. The fourth-order valence-electron chi connectivity index (χ4n) is 3.33. The summed E-state index contributed by atoms with van der Waals surface area (Å²) >= 11 is 1.96. The average molecular weight is 312 g/mol. The molecular formula is C18H20N2OS. The Bertz CT molecular complexity index is 717. The predicted octanol–water partition coefficient (Wildman–Crippen LogP) is 4.41. The number of rotatable bonds is 2. The van der Waals surface area contributed by atoms with E-state index in [0.29, 0.717) is 6.67 Å². The number of benzene rings is 1. The summed E-state index contributed by atoms with van der Waals surface area (Å²) in [7, 11) is 1.70. The largest absolute Gasteiger partial charge is 0.497 e. The van der Waals surface area contributed by atoms with Gasteiger partial charge in [0.05, 0.1) is 7.11 Å². The molecule has 0 bridgehead atoms. The molecule has 4 rings (SSSR count). The van der Waals surface area contributed by atoms with Crippen LogP contribution in [-0.2, 0) is 12.8 Å². The first-order valence-electron chi connectivity index (χ1n) is 7.82. The van der Waals surface area contributed by atoms with Crippen LogP contribution in [0.1, 0.15) is 29.3 Å². The lowest BCUT2D eigenvalue weighted by atomic mass is 9.88. The van der Waals surface area contributed by atoms with Crippen LogP contribution in [0.2, 0.25) is 0 Å². The van der Waals surface area contributed by atoms with E-state index in [1.165, 1.54) is 35.5 Å². The molecule has 2 aliphatic rings. The second-order valence-electron chi connectivity index (χ2n) is 6.15. The molecule has 1 aliphatic heterocycles. The zero-order valence-corrected chi connectivity index (χ0v) is 13.8. The highest BCUT2D eigenvalue weighted by Gasteiger charge is 2.27. The summed E-state index contributed by atoms with van der Waals surface area (Å²) in [6, 6.07) is 8.27. The number of anilines is 2. The van der Waals surface area contributed by atoms with E-state index in [0.717, 1.165) is 11.7 Å². The van der Waals surface area contributed by atoms with Gasteiger partial charge in [-0.25, -0.2) is 0 Å². The number of hydrogen-bond acceptors (Lipinski definition) is 4. The van der Waals surface area contributed by atoms with Gasteiger partial charge in [-0.15, -0.1) is 11.3 Å². The lowest BCUT2D eigenvalue weighted by Crippen LogP contribution is -2.20. The maximum Gasteiger partial charge on any atom is 0.119 e. The molecule has 0 radical (unpaired) electrons. The number of ether oxygens (including phenoxy) is 1. The summed E-state index contributed by atoms with van der Waals surface area (Å²) in [5.41, 5.74) is 4.08. The maximum atomic E-state index is 5.26. The van der Waals surface area contributed by atoms with E-state index in [9.17, 15) is 0 Å². The molecule has 2 heterocycles. The van der Waals surface area contributed by atoms with Crippen molar-refractivity contribution in [2.75, 3.05) is 18.7 Å². The van der Waals surface area contributed by atoms with Crippen molar-refractivity contribution in [1.29, 1.82) is 0 Å². The zero-order valence-electron chi connectivity index (χ0n) is 13.0. The molecule has 0 saturated carbocycles. The van der Waals surface area contributed by atoms with Crippen molar-refractivity contribution in [3.63, 3.8) is 0 Å². The Labute approximate surface area is 135 Å². The quantitative estimate of drug-likeness (QED) is 0.820. The third-order valence-electron chi connectivity index (χ3n) is 4.61. The van der Waals surface area contributed by atoms with Gasteiger partial charge in [0.25, 0.3) is 0 Å². The lowest BCUT2D eigenvalue weighted by molar-refractivity contribution is 0.415. The molecule has 3 nitrogen and oxygen atoms in total. The summed E-state index contributed by atoms with van der Waals surface area (Å²) in [6.07, 6.45) is 5.80. The second-order valence-corrected chi connectivity index (χ2v) is 7.23. The minimum Gasteiger partial charge on any atom is -0.497 e. The van der Waals surface area contributed by atoms with Crippen LogP contribution in [0.5, 0.6) is 5.75 Å². The molecule has 1 atom stereocenters. The minimum absolute atomic E-state index is 0.703. The van der Waals surface area contributed by atoms with E-state index in [2.05, 4.69) is 35.2 Å². The van der Waals surface area contributed by atoms with Gasteiger partial charge in [-0.3, -0.25) is 4.99 Å². The van der Waals surface area contributed by atoms with Gasteiger partial charge in [0.15, 0.2) is 0 Å². The third kappa shape index (κ3) is 2.22. The first-order chi connectivity index (χ1) is 10.8. The van der Waals surface area contributed by atoms with Crippen molar-refractivity contribution in [3.8, 4) is 5.75 Å². The van der Waals surface area contributed by atoms with Gasteiger partial charge in [-0.1, -0.05) is 6.92 Å². The van der Waals surface area contributed by atoms with E-state index >= 15 is 0 Å². The molecule has 0 fully saturated rings. The Balaban J connectivity index is 1.74. The van der Waals surface area contributed by atoms with Gasteiger partial charge in [0.1, 0.15) is 17.4 Å². The first-order valence-corrected chi connectivity index (χ1v) is 8.64. The minimum atomic E-state index is 0.703. The van der Waals surface area contributed by atoms with Crippen LogP contribution in [0, 0.1) is 5.92 Å². The molecule has 1 aromatic carbocycles. The molecule has 0 saturated heterocycles. The average Bonchev–Trinajstić information content (AvgIpc) is 2.92. The predicted molar refractivity (Wildman–Crippen MR) is 93.1 cm³/mol. The highest BCUT2D eigenvalue weighted by atomic mass is 32.1. The Kier molecular flexibility index (Phi) is 3.41. The van der Waals surface area contributed by atoms with E-state index in [4.69, 9.17) is 4.74 Å². The van der Waals surface area contributed by atoms with Crippen molar-refractivity contribution in [1.82, 2.24) is 0 Å². The highest BCUT2D eigenvalue weighted by Crippen LogP contribution is 2.44. The topological polar surface area (TPSA) is 24.8 Å². The molecule has 0 spiro atoms.